The van der Waals surface area contributed by atoms with E-state index >= 15 is 0 Å². The van der Waals surface area contributed by atoms with Crippen molar-refractivity contribution in [3.05, 3.63) is 64.7 Å². The Morgan fingerprint density at radius 3 is 2.25 bits per heavy atom. The fourth-order valence-corrected chi connectivity index (χ4v) is 1.69. The predicted molar refractivity (Wildman–Crippen MR) is 65.4 cm³/mol. The minimum atomic E-state index is -1.35. The van der Waals surface area contributed by atoms with Gasteiger partial charge in [0, 0.05) is 17.7 Å². The number of anilines is 1. The number of aryl methyl sites for hydroxylation is 1. The van der Waals surface area contributed by atoms with Crippen LogP contribution >= 0.6 is 0 Å². The molecule has 2 nitrogen and oxygen atoms in total. The number of benzene rings is 2. The summed E-state index contributed by atoms with van der Waals surface area (Å²) >= 11 is 0. The Balaban J connectivity index is 2.30. The molecule has 0 aromatic heterocycles. The highest BCUT2D eigenvalue weighted by Gasteiger charge is 2.15. The third-order valence-electron chi connectivity index (χ3n) is 2.69. The Bertz CT molecular complexity index is 685. The monoisotopic (exact) mass is 283 g/mol. The van der Waals surface area contributed by atoms with Gasteiger partial charge < -0.3 is 5.32 Å². The number of carbonyl (C=O) groups is 1. The zero-order chi connectivity index (χ0) is 14.9. The van der Waals surface area contributed by atoms with Gasteiger partial charge in [0.2, 0.25) is 0 Å². The highest BCUT2D eigenvalue weighted by atomic mass is 19.2. The Morgan fingerprint density at radius 2 is 1.60 bits per heavy atom. The lowest BCUT2D eigenvalue weighted by Gasteiger charge is -2.09. The second-order valence-corrected chi connectivity index (χ2v) is 4.16. The molecule has 20 heavy (non-hydrogen) atoms. The quantitative estimate of drug-likeness (QED) is 0.659. The maximum atomic E-state index is 13.4. The fourth-order valence-electron chi connectivity index (χ4n) is 1.69. The summed E-state index contributed by atoms with van der Waals surface area (Å²) in [4.78, 5) is 11.9. The molecule has 0 bridgehead atoms. The number of hydrogen-bond acceptors (Lipinski definition) is 1. The van der Waals surface area contributed by atoms with E-state index in [2.05, 4.69) is 5.32 Å². The average molecular weight is 283 g/mol. The average Bonchev–Trinajstić information content (AvgIpc) is 2.35. The van der Waals surface area contributed by atoms with Crippen molar-refractivity contribution in [2.24, 2.45) is 0 Å². The standard InChI is InChI=1S/C14H9F4NO/c1-7-4-8(15)2-3-9(7)14(20)19-13-6-11(17)10(16)5-12(13)18/h2-6H,1H3,(H,19,20). The summed E-state index contributed by atoms with van der Waals surface area (Å²) < 4.78 is 52.1. The molecule has 0 unspecified atom stereocenters. The Labute approximate surface area is 112 Å². The lowest BCUT2D eigenvalue weighted by Crippen LogP contribution is -2.15. The third-order valence-corrected chi connectivity index (χ3v) is 2.69. The van der Waals surface area contributed by atoms with Crippen LogP contribution in [0.5, 0.6) is 0 Å². The molecule has 0 spiro atoms. The minimum Gasteiger partial charge on any atom is -0.319 e. The topological polar surface area (TPSA) is 29.1 Å². The zero-order valence-corrected chi connectivity index (χ0v) is 10.3. The van der Waals surface area contributed by atoms with Crippen molar-refractivity contribution >= 4 is 11.6 Å². The molecule has 1 amide bonds. The van der Waals surface area contributed by atoms with E-state index in [1.54, 1.807) is 0 Å². The van der Waals surface area contributed by atoms with Crippen LogP contribution < -0.4 is 5.32 Å². The van der Waals surface area contributed by atoms with Crippen LogP contribution in [-0.4, -0.2) is 5.91 Å². The molecule has 0 aliphatic heterocycles. The van der Waals surface area contributed by atoms with Gasteiger partial charge in [-0.25, -0.2) is 17.6 Å². The van der Waals surface area contributed by atoms with Gasteiger partial charge in [-0.3, -0.25) is 4.79 Å². The van der Waals surface area contributed by atoms with Crippen LogP contribution in [0.2, 0.25) is 0 Å². The fraction of sp³-hybridized carbons (Fsp3) is 0.0714. The predicted octanol–water partition coefficient (Wildman–Crippen LogP) is 3.80. The van der Waals surface area contributed by atoms with Gasteiger partial charge in [0.25, 0.3) is 5.91 Å². The van der Waals surface area contributed by atoms with E-state index in [0.29, 0.717) is 17.7 Å². The van der Waals surface area contributed by atoms with Gasteiger partial charge in [0.1, 0.15) is 11.6 Å². The van der Waals surface area contributed by atoms with Gasteiger partial charge in [-0.05, 0) is 30.7 Å². The first-order valence-corrected chi connectivity index (χ1v) is 5.60. The lowest BCUT2D eigenvalue weighted by atomic mass is 10.1. The largest absolute Gasteiger partial charge is 0.319 e. The Hall–Kier alpha value is -2.37. The molecule has 0 fully saturated rings. The van der Waals surface area contributed by atoms with Crippen molar-refractivity contribution in [3.63, 3.8) is 0 Å². The minimum absolute atomic E-state index is 0.107. The molecule has 0 heterocycles. The van der Waals surface area contributed by atoms with Crippen LogP contribution in [0.15, 0.2) is 30.3 Å². The van der Waals surface area contributed by atoms with Crippen LogP contribution in [0.4, 0.5) is 23.2 Å². The van der Waals surface area contributed by atoms with Gasteiger partial charge in [0.05, 0.1) is 5.69 Å². The summed E-state index contributed by atoms with van der Waals surface area (Å²) in [5.41, 5.74) is -0.0429. The van der Waals surface area contributed by atoms with E-state index in [0.717, 1.165) is 12.1 Å². The van der Waals surface area contributed by atoms with Crippen molar-refractivity contribution in [2.75, 3.05) is 5.32 Å². The number of nitrogens with one attached hydrogen (secondary N) is 1. The van der Waals surface area contributed by atoms with Gasteiger partial charge >= 0.3 is 0 Å². The van der Waals surface area contributed by atoms with E-state index in [1.165, 1.54) is 13.0 Å². The maximum Gasteiger partial charge on any atom is 0.256 e. The van der Waals surface area contributed by atoms with Gasteiger partial charge in [-0.1, -0.05) is 0 Å². The molecule has 1 N–H and O–H groups in total. The maximum absolute atomic E-state index is 13.4. The summed E-state index contributed by atoms with van der Waals surface area (Å²) in [6, 6.07) is 4.31. The third kappa shape index (κ3) is 2.79. The van der Waals surface area contributed by atoms with E-state index in [9.17, 15) is 22.4 Å². The van der Waals surface area contributed by atoms with Crippen LogP contribution in [0, 0.1) is 30.2 Å². The number of rotatable bonds is 2. The van der Waals surface area contributed by atoms with Crippen LogP contribution in [0.1, 0.15) is 15.9 Å². The molecule has 6 heteroatoms. The number of amides is 1. The van der Waals surface area contributed by atoms with Crippen molar-refractivity contribution in [2.45, 2.75) is 6.92 Å². The normalized spacial score (nSPS) is 10.4. The Morgan fingerprint density at radius 1 is 0.950 bits per heavy atom. The number of hydrogen-bond donors (Lipinski definition) is 1. The number of carbonyl (C=O) groups excluding carboxylic acids is 1. The molecule has 0 saturated heterocycles. The summed E-state index contributed by atoms with van der Waals surface area (Å²) in [7, 11) is 0. The second-order valence-electron chi connectivity index (χ2n) is 4.16. The molecular formula is C14H9F4NO. The molecule has 2 aromatic carbocycles. The first-order chi connectivity index (χ1) is 9.38. The van der Waals surface area contributed by atoms with Crippen LogP contribution in [0.3, 0.4) is 0 Å². The SMILES string of the molecule is Cc1cc(F)ccc1C(=O)Nc1cc(F)c(F)cc1F. The molecule has 104 valence electrons. The first-order valence-electron chi connectivity index (χ1n) is 5.60. The summed E-state index contributed by atoms with van der Waals surface area (Å²) in [6.07, 6.45) is 0. The smallest absolute Gasteiger partial charge is 0.256 e. The highest BCUT2D eigenvalue weighted by Crippen LogP contribution is 2.20. The molecular weight excluding hydrogens is 274 g/mol. The molecule has 2 aromatic rings. The van der Waals surface area contributed by atoms with Gasteiger partial charge in [0.15, 0.2) is 11.6 Å². The van der Waals surface area contributed by atoms with E-state index in [-0.39, 0.29) is 5.56 Å². The summed E-state index contributed by atoms with van der Waals surface area (Å²) in [5, 5.41) is 2.11. The zero-order valence-electron chi connectivity index (χ0n) is 10.3. The second kappa shape index (κ2) is 5.32. The van der Waals surface area contributed by atoms with E-state index in [4.69, 9.17) is 0 Å². The van der Waals surface area contributed by atoms with Gasteiger partial charge in [-0.15, -0.1) is 0 Å². The molecule has 0 saturated carbocycles. The van der Waals surface area contributed by atoms with Crippen molar-refractivity contribution in [1.29, 1.82) is 0 Å². The van der Waals surface area contributed by atoms with E-state index < -0.39 is 34.9 Å². The van der Waals surface area contributed by atoms with Crippen molar-refractivity contribution in [3.8, 4) is 0 Å². The Kier molecular flexibility index (Phi) is 3.74. The molecule has 0 aliphatic carbocycles. The molecule has 0 radical (unpaired) electrons. The van der Waals surface area contributed by atoms with Gasteiger partial charge in [-0.2, -0.15) is 0 Å². The number of halogens is 4. The molecule has 2 rings (SSSR count). The molecule has 0 aliphatic rings. The van der Waals surface area contributed by atoms with Crippen LogP contribution in [-0.2, 0) is 0 Å². The summed E-state index contributed by atoms with van der Waals surface area (Å²) in [6.45, 7) is 1.50. The summed E-state index contributed by atoms with van der Waals surface area (Å²) in [5.74, 6) is -4.99. The van der Waals surface area contributed by atoms with E-state index in [1.807, 2.05) is 0 Å². The molecule has 0 atom stereocenters. The first kappa shape index (κ1) is 14.0. The highest BCUT2D eigenvalue weighted by molar-refractivity contribution is 6.05. The van der Waals surface area contributed by atoms with Crippen LogP contribution in [0.25, 0.3) is 0 Å². The van der Waals surface area contributed by atoms with Crippen molar-refractivity contribution < 1.29 is 22.4 Å². The van der Waals surface area contributed by atoms with Crippen molar-refractivity contribution in [1.82, 2.24) is 0 Å². The lowest BCUT2D eigenvalue weighted by molar-refractivity contribution is 0.102.